The van der Waals surface area contributed by atoms with E-state index in [2.05, 4.69) is 13.9 Å². The molecule has 7 heteroatoms. The van der Waals surface area contributed by atoms with E-state index >= 15 is 0 Å². The fourth-order valence-electron chi connectivity index (χ4n) is 2.82. The number of aromatic nitrogens is 3. The summed E-state index contributed by atoms with van der Waals surface area (Å²) in [5, 5.41) is 11.8. The molecule has 1 N–H and O–H groups in total. The summed E-state index contributed by atoms with van der Waals surface area (Å²) in [6.45, 7) is 0.878. The highest BCUT2D eigenvalue weighted by atomic mass is 32.1. The maximum Gasteiger partial charge on any atom is 0.142 e. The zero-order valence-electron chi connectivity index (χ0n) is 10.0. The van der Waals surface area contributed by atoms with E-state index in [1.54, 1.807) is 12.4 Å². The average Bonchev–Trinajstić information content (AvgIpc) is 3.14. The Morgan fingerprint density at radius 1 is 1.32 bits per heavy atom. The summed E-state index contributed by atoms with van der Waals surface area (Å²) in [5.41, 5.74) is 0.997. The Balaban J connectivity index is 1.69. The van der Waals surface area contributed by atoms with E-state index in [-0.39, 0.29) is 18.2 Å². The molecule has 6 nitrogen and oxygen atoms in total. The van der Waals surface area contributed by atoms with Gasteiger partial charge in [0.05, 0.1) is 25.5 Å². The Bertz CT molecular complexity index is 571. The molecule has 2 aliphatic rings. The van der Waals surface area contributed by atoms with Gasteiger partial charge in [-0.15, -0.1) is 0 Å². The van der Waals surface area contributed by atoms with Crippen molar-refractivity contribution in [1.82, 2.24) is 13.9 Å². The van der Waals surface area contributed by atoms with Gasteiger partial charge in [0.2, 0.25) is 0 Å². The van der Waals surface area contributed by atoms with Gasteiger partial charge in [-0.2, -0.15) is 0 Å². The van der Waals surface area contributed by atoms with E-state index < -0.39 is 6.10 Å². The highest BCUT2D eigenvalue weighted by Crippen LogP contribution is 2.36. The zero-order valence-corrected chi connectivity index (χ0v) is 10.9. The molecule has 4 atom stereocenters. The molecule has 0 unspecified atom stereocenters. The lowest BCUT2D eigenvalue weighted by atomic mass is 10.1. The summed E-state index contributed by atoms with van der Waals surface area (Å²) in [5.74, 6) is 0.869. The Morgan fingerprint density at radius 3 is 3.05 bits per heavy atom. The van der Waals surface area contributed by atoms with Gasteiger partial charge in [0.15, 0.2) is 0 Å². The Kier molecular flexibility index (Phi) is 2.66. The van der Waals surface area contributed by atoms with Crippen LogP contribution in [0.4, 0.5) is 0 Å². The van der Waals surface area contributed by atoms with Crippen molar-refractivity contribution in [3.63, 3.8) is 0 Å². The van der Waals surface area contributed by atoms with Gasteiger partial charge in [0.25, 0.3) is 0 Å². The Morgan fingerprint density at radius 2 is 2.21 bits per heavy atom. The normalized spacial score (nSPS) is 33.7. The number of imidazole rings is 1. The fourth-order valence-corrected chi connectivity index (χ4v) is 3.33. The van der Waals surface area contributed by atoms with Crippen LogP contribution in [0.1, 0.15) is 6.04 Å². The second-order valence-corrected chi connectivity index (χ2v) is 5.46. The van der Waals surface area contributed by atoms with Crippen LogP contribution in [0.5, 0.6) is 0 Å². The minimum Gasteiger partial charge on any atom is -0.388 e. The van der Waals surface area contributed by atoms with Gasteiger partial charge in [0.1, 0.15) is 24.1 Å². The number of ether oxygens (including phenoxy) is 2. The molecule has 0 bridgehead atoms. The van der Waals surface area contributed by atoms with E-state index in [1.165, 1.54) is 11.5 Å². The molecule has 2 aromatic heterocycles. The number of fused-ring (bicyclic) bond motifs is 1. The maximum absolute atomic E-state index is 9.78. The molecule has 0 radical (unpaired) electrons. The number of rotatable bonds is 2. The van der Waals surface area contributed by atoms with Crippen LogP contribution in [0.15, 0.2) is 24.0 Å². The lowest BCUT2D eigenvalue weighted by molar-refractivity contribution is 0.0172. The van der Waals surface area contributed by atoms with Gasteiger partial charge >= 0.3 is 0 Å². The lowest BCUT2D eigenvalue weighted by Gasteiger charge is -2.19. The molecule has 4 heterocycles. The summed E-state index contributed by atoms with van der Waals surface area (Å²) < 4.78 is 17.5. The second-order valence-electron chi connectivity index (χ2n) is 4.80. The number of nitrogens with zero attached hydrogens (tertiary/aromatic N) is 3. The van der Waals surface area contributed by atoms with Crippen LogP contribution in [0, 0.1) is 0 Å². The Labute approximate surface area is 113 Å². The standard InChI is InChI=1S/C12H13N3O3S/c16-9-5-18-10-8(4-17-11(9)10)15-2-1-13-12(15)7-3-14-19-6-7/h1-3,6,8-11,16H,4-5H2/t8-,9+,10+,11+/m0/s1. The van der Waals surface area contributed by atoms with Crippen molar-refractivity contribution in [2.75, 3.05) is 13.2 Å². The number of aliphatic hydroxyl groups is 1. The van der Waals surface area contributed by atoms with Crippen LogP contribution in [-0.4, -0.2) is 50.6 Å². The van der Waals surface area contributed by atoms with Crippen molar-refractivity contribution >= 4 is 11.5 Å². The maximum atomic E-state index is 9.78. The number of aliphatic hydroxyl groups excluding tert-OH is 1. The van der Waals surface area contributed by atoms with Crippen LogP contribution in [0.3, 0.4) is 0 Å². The lowest BCUT2D eigenvalue weighted by Crippen LogP contribution is -2.30. The van der Waals surface area contributed by atoms with Crippen LogP contribution in [-0.2, 0) is 9.47 Å². The number of hydrogen-bond acceptors (Lipinski definition) is 6. The van der Waals surface area contributed by atoms with Gasteiger partial charge in [-0.05, 0) is 11.5 Å². The fraction of sp³-hybridized carbons (Fsp3) is 0.500. The summed E-state index contributed by atoms with van der Waals surface area (Å²) in [6.07, 6.45) is 4.66. The van der Waals surface area contributed by atoms with E-state index in [9.17, 15) is 5.11 Å². The quantitative estimate of drug-likeness (QED) is 0.876. The van der Waals surface area contributed by atoms with Gasteiger partial charge < -0.3 is 19.1 Å². The van der Waals surface area contributed by atoms with Crippen molar-refractivity contribution < 1.29 is 14.6 Å². The van der Waals surface area contributed by atoms with Crippen molar-refractivity contribution in [2.45, 2.75) is 24.4 Å². The zero-order chi connectivity index (χ0) is 12.8. The van der Waals surface area contributed by atoms with Gasteiger partial charge in [-0.3, -0.25) is 0 Å². The minimum atomic E-state index is -0.523. The predicted molar refractivity (Wildman–Crippen MR) is 67.9 cm³/mol. The first-order chi connectivity index (χ1) is 9.34. The molecule has 0 aromatic carbocycles. The highest BCUT2D eigenvalue weighted by Gasteiger charge is 2.48. The molecular weight excluding hydrogens is 266 g/mol. The van der Waals surface area contributed by atoms with E-state index in [4.69, 9.17) is 9.47 Å². The molecule has 100 valence electrons. The van der Waals surface area contributed by atoms with Crippen molar-refractivity contribution in [1.29, 1.82) is 0 Å². The molecule has 0 aliphatic carbocycles. The second kappa shape index (κ2) is 4.38. The Hall–Kier alpha value is -1.28. The van der Waals surface area contributed by atoms with Gasteiger partial charge in [-0.25, -0.2) is 9.36 Å². The van der Waals surface area contributed by atoms with Gasteiger partial charge in [0, 0.05) is 23.3 Å². The first-order valence-electron chi connectivity index (χ1n) is 6.18. The molecule has 2 fully saturated rings. The first-order valence-corrected chi connectivity index (χ1v) is 7.02. The third kappa shape index (κ3) is 1.73. The SMILES string of the molecule is O[C@@H]1CO[C@H]2[C@@H]1OC[C@@H]2n1ccnc1-c1cnsc1. The summed E-state index contributed by atoms with van der Waals surface area (Å²) in [4.78, 5) is 4.39. The number of hydrogen-bond donors (Lipinski definition) is 1. The van der Waals surface area contributed by atoms with Crippen molar-refractivity contribution in [3.05, 3.63) is 24.0 Å². The van der Waals surface area contributed by atoms with E-state index in [0.717, 1.165) is 11.4 Å². The van der Waals surface area contributed by atoms with Crippen LogP contribution in [0.25, 0.3) is 11.4 Å². The molecule has 2 aromatic rings. The van der Waals surface area contributed by atoms with Crippen molar-refractivity contribution in [2.24, 2.45) is 0 Å². The first kappa shape index (κ1) is 11.5. The van der Waals surface area contributed by atoms with Crippen molar-refractivity contribution in [3.8, 4) is 11.4 Å². The van der Waals surface area contributed by atoms with E-state index in [1.807, 2.05) is 11.6 Å². The topological polar surface area (TPSA) is 69.4 Å². The van der Waals surface area contributed by atoms with Crippen LogP contribution in [0.2, 0.25) is 0 Å². The molecule has 0 spiro atoms. The molecule has 2 saturated heterocycles. The molecular formula is C12H13N3O3S. The van der Waals surface area contributed by atoms with Gasteiger partial charge in [-0.1, -0.05) is 0 Å². The average molecular weight is 279 g/mol. The minimum absolute atomic E-state index is 0.0551. The third-order valence-electron chi connectivity index (χ3n) is 3.72. The summed E-state index contributed by atoms with van der Waals surface area (Å²) >= 11 is 1.40. The molecule has 19 heavy (non-hydrogen) atoms. The molecule has 2 aliphatic heterocycles. The van der Waals surface area contributed by atoms with Crippen LogP contribution < -0.4 is 0 Å². The molecule has 4 rings (SSSR count). The smallest absolute Gasteiger partial charge is 0.142 e. The van der Waals surface area contributed by atoms with E-state index in [0.29, 0.717) is 13.2 Å². The highest BCUT2D eigenvalue weighted by molar-refractivity contribution is 7.03. The molecule has 0 amide bonds. The summed E-state index contributed by atoms with van der Waals surface area (Å²) in [7, 11) is 0. The predicted octanol–water partition coefficient (Wildman–Crippen LogP) is 0.706. The third-order valence-corrected chi connectivity index (χ3v) is 4.30. The largest absolute Gasteiger partial charge is 0.388 e. The summed E-state index contributed by atoms with van der Waals surface area (Å²) in [6, 6.07) is 0.0551. The van der Waals surface area contributed by atoms with Crippen LogP contribution >= 0.6 is 11.5 Å². The monoisotopic (exact) mass is 279 g/mol. The molecule has 0 saturated carbocycles.